The van der Waals surface area contributed by atoms with Crippen LogP contribution in [0.3, 0.4) is 0 Å². The molecule has 2 aliphatic rings. The Balaban J connectivity index is -0.000000588. The zero-order chi connectivity index (χ0) is 36.8. The molecule has 0 aromatic heterocycles. The van der Waals surface area contributed by atoms with Crippen LogP contribution in [0.1, 0.15) is 62.3 Å². The van der Waals surface area contributed by atoms with Gasteiger partial charge in [0.1, 0.15) is 14.3 Å². The molecule has 2 aliphatic heterocycles. The minimum Gasteiger partial charge on any atom is -0.459 e. The maximum atomic E-state index is 11.1. The summed E-state index contributed by atoms with van der Waals surface area (Å²) in [5.41, 5.74) is 16.3. The summed E-state index contributed by atoms with van der Waals surface area (Å²) in [6.07, 6.45) is -2.13. The molecule has 18 nitrogen and oxygen atoms in total. The molecule has 10 atom stereocenters. The first-order chi connectivity index (χ1) is 21.2. The highest BCUT2D eigenvalue weighted by atomic mass is 28.3. The number of carbonyl (C=O) groups excluding carboxylic acids is 7. The summed E-state index contributed by atoms with van der Waals surface area (Å²) in [5.74, 6) is -0.582. The molecule has 260 valence electrons. The molecule has 0 radical (unpaired) electrons. The van der Waals surface area contributed by atoms with Crippen molar-refractivity contribution in [3.8, 4) is 0 Å². The van der Waals surface area contributed by atoms with Crippen LogP contribution in [-0.2, 0) is 57.2 Å². The van der Waals surface area contributed by atoms with Gasteiger partial charge in [0, 0.05) is 37.5 Å². The third kappa shape index (κ3) is 20.1. The van der Waals surface area contributed by atoms with Crippen LogP contribution in [-0.4, -0.2) is 75.4 Å². The number of nitrogens with zero attached hydrogens (tertiary/aromatic N) is 6. The molecule has 19 heteroatoms. The van der Waals surface area contributed by atoms with Crippen molar-refractivity contribution in [2.45, 2.75) is 119 Å². The van der Waals surface area contributed by atoms with Crippen LogP contribution in [0.5, 0.6) is 0 Å². The molecule has 0 amide bonds. The fourth-order valence-electron chi connectivity index (χ4n) is 4.04. The molecule has 2 fully saturated rings. The van der Waals surface area contributed by atoms with Gasteiger partial charge in [-0.15, -0.1) is 4.78 Å². The first kappa shape index (κ1) is 46.3. The SMILES string of the molecule is CC(=O)OC1C(N=[N+]=[N-])OC(C)C(C)C1C.CC(=O)OC1OC(C)C(C)C(C)C1OC(C)=O.C[Si](C)(C)N=[N+]=[N-].O=C=O.O=C=O. The highest BCUT2D eigenvalue weighted by molar-refractivity contribution is 6.74. The van der Waals surface area contributed by atoms with Crippen molar-refractivity contribution in [3.63, 3.8) is 0 Å². The molecule has 46 heavy (non-hydrogen) atoms. The van der Waals surface area contributed by atoms with E-state index in [0.717, 1.165) is 0 Å². The van der Waals surface area contributed by atoms with Gasteiger partial charge in [-0.05, 0) is 41.7 Å². The molecule has 2 heterocycles. The van der Waals surface area contributed by atoms with Gasteiger partial charge in [-0.2, -0.15) is 19.2 Å². The van der Waals surface area contributed by atoms with Gasteiger partial charge in [0.25, 0.3) is 0 Å². The van der Waals surface area contributed by atoms with Gasteiger partial charge >= 0.3 is 30.2 Å². The van der Waals surface area contributed by atoms with E-state index in [-0.39, 0.29) is 54.2 Å². The number of esters is 3. The highest BCUT2D eigenvalue weighted by Crippen LogP contribution is 2.34. The Morgan fingerprint density at radius 3 is 1.35 bits per heavy atom. The molecule has 0 bridgehead atoms. The topological polar surface area (TPSA) is 263 Å². The first-order valence-electron chi connectivity index (χ1n) is 14.1. The quantitative estimate of drug-likeness (QED) is 0.0958. The number of carbonyl (C=O) groups is 3. The van der Waals surface area contributed by atoms with Crippen LogP contribution < -0.4 is 0 Å². The van der Waals surface area contributed by atoms with Crippen LogP contribution in [0.15, 0.2) is 9.89 Å². The van der Waals surface area contributed by atoms with E-state index in [1.165, 1.54) is 20.8 Å². The van der Waals surface area contributed by atoms with Crippen LogP contribution in [0, 0.1) is 23.7 Å². The molecule has 0 spiro atoms. The van der Waals surface area contributed by atoms with Gasteiger partial charge in [-0.3, -0.25) is 14.4 Å². The van der Waals surface area contributed by atoms with E-state index in [4.69, 9.17) is 53.9 Å². The lowest BCUT2D eigenvalue weighted by atomic mass is 9.83. The Bertz CT molecular complexity index is 1110. The average Bonchev–Trinajstić information content (AvgIpc) is 2.91. The van der Waals surface area contributed by atoms with Gasteiger partial charge in [0.05, 0.1) is 12.2 Å². The fraction of sp³-hybridized carbons (Fsp3) is 0.815. The molecule has 10 unspecified atom stereocenters. The largest absolute Gasteiger partial charge is 0.459 e. The Kier molecular flexibility index (Phi) is 24.4. The first-order valence-corrected chi connectivity index (χ1v) is 17.6. The minimum atomic E-state index is -1.45. The van der Waals surface area contributed by atoms with Crippen molar-refractivity contribution in [2.75, 3.05) is 0 Å². The lowest BCUT2D eigenvalue weighted by Gasteiger charge is -2.42. The summed E-state index contributed by atoms with van der Waals surface area (Å²) in [6.45, 7) is 21.8. The summed E-state index contributed by atoms with van der Waals surface area (Å²) in [6, 6.07) is 0. The maximum Gasteiger partial charge on any atom is 0.373 e. The van der Waals surface area contributed by atoms with Crippen LogP contribution >= 0.6 is 0 Å². The molecule has 0 N–H and O–H groups in total. The highest BCUT2D eigenvalue weighted by Gasteiger charge is 2.44. The third-order valence-electron chi connectivity index (χ3n) is 6.82. The van der Waals surface area contributed by atoms with Crippen molar-refractivity contribution in [2.24, 2.45) is 33.6 Å². The number of hydrogen-bond donors (Lipinski definition) is 0. The second-order valence-corrected chi connectivity index (χ2v) is 15.9. The van der Waals surface area contributed by atoms with Gasteiger partial charge in [-0.25, -0.2) is 0 Å². The minimum absolute atomic E-state index is 0.0164. The summed E-state index contributed by atoms with van der Waals surface area (Å²) in [7, 11) is -1.45. The van der Waals surface area contributed by atoms with E-state index >= 15 is 0 Å². The van der Waals surface area contributed by atoms with E-state index in [0.29, 0.717) is 0 Å². The van der Waals surface area contributed by atoms with Crippen molar-refractivity contribution < 1.29 is 57.2 Å². The zero-order valence-corrected chi connectivity index (χ0v) is 29.4. The normalized spacial score (nSPS) is 29.1. The summed E-state index contributed by atoms with van der Waals surface area (Å²) in [4.78, 5) is 71.0. The fourth-order valence-corrected chi connectivity index (χ4v) is 4.31. The molecule has 2 rings (SSSR count). The molecule has 0 aromatic carbocycles. The van der Waals surface area contributed by atoms with Crippen LogP contribution in [0.25, 0.3) is 20.9 Å². The molecule has 0 aromatic rings. The molecular formula is C27H46N6O12Si. The predicted octanol–water partition coefficient (Wildman–Crippen LogP) is 4.71. The molecule has 0 saturated carbocycles. The standard InChI is InChI=1S/C12H20O5.C10H17N3O3.C3H9N3Si.2CO2/c1-6-7(2)11(16-9(4)13)12(15-8(6)3)17-10(5)14;1-5-6(2)9(16-8(4)14)10(12-13-11)15-7(5)3;1-7(2,3)6-5-4;2*2-1-3/h6-8,11-12H,1-5H3;5-7,9-10H,1-4H3;1-3H3;;. The van der Waals surface area contributed by atoms with Gasteiger partial charge in [0.15, 0.2) is 12.3 Å². The second-order valence-electron chi connectivity index (χ2n) is 11.4. The predicted molar refractivity (Wildman–Crippen MR) is 160 cm³/mol. The molecule has 0 aliphatic carbocycles. The maximum absolute atomic E-state index is 11.1. The van der Waals surface area contributed by atoms with Gasteiger partial charge < -0.3 is 23.7 Å². The van der Waals surface area contributed by atoms with E-state index in [1.54, 1.807) is 0 Å². The Morgan fingerprint density at radius 2 is 1.02 bits per heavy atom. The summed E-state index contributed by atoms with van der Waals surface area (Å²) < 4.78 is 30.1. The van der Waals surface area contributed by atoms with Crippen molar-refractivity contribution in [1.82, 2.24) is 0 Å². The van der Waals surface area contributed by atoms with Crippen LogP contribution in [0.4, 0.5) is 0 Å². The van der Waals surface area contributed by atoms with Gasteiger partial charge in [-0.1, -0.05) is 52.5 Å². The van der Waals surface area contributed by atoms with Crippen molar-refractivity contribution in [1.29, 1.82) is 0 Å². The number of hydrogen-bond acceptors (Lipinski definition) is 14. The third-order valence-corrected chi connectivity index (χ3v) is 7.51. The monoisotopic (exact) mass is 674 g/mol. The Labute approximate surface area is 269 Å². The molecular weight excluding hydrogens is 628 g/mol. The Hall–Kier alpha value is -4.07. The average molecular weight is 675 g/mol. The second kappa shape index (κ2) is 24.2. The van der Waals surface area contributed by atoms with E-state index in [1.807, 2.05) is 61.2 Å². The van der Waals surface area contributed by atoms with Crippen molar-refractivity contribution >= 4 is 38.4 Å². The van der Waals surface area contributed by atoms with E-state index < -0.39 is 44.9 Å². The van der Waals surface area contributed by atoms with E-state index in [2.05, 4.69) is 19.7 Å². The Morgan fingerprint density at radius 1 is 0.652 bits per heavy atom. The zero-order valence-electron chi connectivity index (χ0n) is 28.4. The number of azide groups is 2. The smallest absolute Gasteiger partial charge is 0.373 e. The summed E-state index contributed by atoms with van der Waals surface area (Å²) in [5, 5.41) is 3.53. The van der Waals surface area contributed by atoms with Crippen LogP contribution in [0.2, 0.25) is 19.6 Å². The molecule has 2 saturated heterocycles. The lowest BCUT2D eigenvalue weighted by molar-refractivity contribution is -0.263. The number of ether oxygens (including phenoxy) is 5. The lowest BCUT2D eigenvalue weighted by Crippen LogP contribution is -2.51. The van der Waals surface area contributed by atoms with Gasteiger partial charge in [0.2, 0.25) is 6.29 Å². The van der Waals surface area contributed by atoms with E-state index in [9.17, 15) is 14.4 Å². The number of rotatable bonds is 5. The van der Waals surface area contributed by atoms with Crippen molar-refractivity contribution in [3.05, 3.63) is 20.9 Å². The summed E-state index contributed by atoms with van der Waals surface area (Å²) >= 11 is 0.